The molecule has 0 atom stereocenters. The molecule has 0 bridgehead atoms. The van der Waals surface area contributed by atoms with E-state index in [0.29, 0.717) is 0 Å². The van der Waals surface area contributed by atoms with Crippen LogP contribution in [-0.4, -0.2) is 25.5 Å². The summed E-state index contributed by atoms with van der Waals surface area (Å²) in [6, 6.07) is 0. The Morgan fingerprint density at radius 3 is 2.10 bits per heavy atom. The molecule has 59 valence electrons. The summed E-state index contributed by atoms with van der Waals surface area (Å²) in [7, 11) is 0. The van der Waals surface area contributed by atoms with E-state index in [1.807, 2.05) is 0 Å². The Bertz CT molecular complexity index is 77.3. The van der Waals surface area contributed by atoms with E-state index in [2.05, 4.69) is 4.90 Å². The Balaban J connectivity index is 2.15. The lowest BCUT2D eigenvalue weighted by Gasteiger charge is -2.05. The Morgan fingerprint density at radius 2 is 1.60 bits per heavy atom. The first kappa shape index (κ1) is 8.35. The van der Waals surface area contributed by atoms with Gasteiger partial charge in [0, 0.05) is 12.8 Å². The molecular formula is C8H16ClN+. The number of halogens is 1. The van der Waals surface area contributed by atoms with Crippen LogP contribution < -0.4 is 4.90 Å². The van der Waals surface area contributed by atoms with Crippen LogP contribution in [-0.2, 0) is 0 Å². The van der Waals surface area contributed by atoms with Crippen molar-refractivity contribution in [2.45, 2.75) is 25.7 Å². The van der Waals surface area contributed by atoms with Crippen LogP contribution >= 0.6 is 11.6 Å². The average molecular weight is 162 g/mol. The molecule has 0 aromatic heterocycles. The molecule has 1 rings (SSSR count). The molecule has 1 radical (unpaired) electrons. The van der Waals surface area contributed by atoms with Crippen molar-refractivity contribution < 1.29 is 0 Å². The molecule has 1 saturated heterocycles. The summed E-state index contributed by atoms with van der Waals surface area (Å²) in [6.07, 6.45) is 5.57. The number of hydrogen-bond acceptors (Lipinski definition) is 1. The van der Waals surface area contributed by atoms with Crippen molar-refractivity contribution >= 4 is 11.6 Å². The number of hydrogen-bond donors (Lipinski definition) is 0. The highest BCUT2D eigenvalue weighted by Crippen LogP contribution is 2.06. The number of alkyl halides is 1. The third-order valence-corrected chi connectivity index (χ3v) is 2.27. The zero-order valence-corrected chi connectivity index (χ0v) is 7.24. The van der Waals surface area contributed by atoms with E-state index in [4.69, 9.17) is 11.6 Å². The first-order valence-corrected chi connectivity index (χ1v) is 4.75. The highest BCUT2D eigenvalue weighted by molar-refractivity contribution is 6.18. The van der Waals surface area contributed by atoms with E-state index in [1.54, 1.807) is 0 Å². The van der Waals surface area contributed by atoms with Crippen molar-refractivity contribution in [3.63, 3.8) is 0 Å². The lowest BCUT2D eigenvalue weighted by Crippen LogP contribution is -2.32. The van der Waals surface area contributed by atoms with Crippen molar-refractivity contribution in [2.24, 2.45) is 0 Å². The van der Waals surface area contributed by atoms with Gasteiger partial charge in [-0.3, -0.25) is 0 Å². The zero-order valence-electron chi connectivity index (χ0n) is 6.48. The molecule has 1 fully saturated rings. The lowest BCUT2D eigenvalue weighted by atomic mass is 10.2. The second kappa shape index (κ2) is 4.97. The zero-order chi connectivity index (χ0) is 7.23. The molecule has 0 spiro atoms. The molecule has 0 aromatic rings. The largest absolute Gasteiger partial charge is 0.169 e. The molecule has 0 saturated carbocycles. The third kappa shape index (κ3) is 2.89. The van der Waals surface area contributed by atoms with Gasteiger partial charge in [-0.1, -0.05) is 0 Å². The number of likely N-dealkylation sites (tertiary alicyclic amines) is 1. The summed E-state index contributed by atoms with van der Waals surface area (Å²) < 4.78 is 0. The maximum absolute atomic E-state index is 5.65. The van der Waals surface area contributed by atoms with E-state index < -0.39 is 0 Å². The van der Waals surface area contributed by atoms with Gasteiger partial charge < -0.3 is 0 Å². The van der Waals surface area contributed by atoms with Gasteiger partial charge in [-0.15, -0.1) is 11.6 Å². The van der Waals surface area contributed by atoms with Gasteiger partial charge in [0.05, 0.1) is 5.88 Å². The van der Waals surface area contributed by atoms with Gasteiger partial charge in [-0.2, -0.15) is 4.90 Å². The maximum atomic E-state index is 5.65. The van der Waals surface area contributed by atoms with Gasteiger partial charge in [-0.25, -0.2) is 0 Å². The second-order valence-corrected chi connectivity index (χ2v) is 3.32. The highest BCUT2D eigenvalue weighted by Gasteiger charge is 2.15. The smallest absolute Gasteiger partial charge is 0.136 e. The van der Waals surface area contributed by atoms with Gasteiger partial charge >= 0.3 is 0 Å². The van der Waals surface area contributed by atoms with Gasteiger partial charge in [0.2, 0.25) is 0 Å². The Morgan fingerprint density at radius 1 is 1.00 bits per heavy atom. The minimum Gasteiger partial charge on any atom is -0.169 e. The van der Waals surface area contributed by atoms with Crippen molar-refractivity contribution in [1.29, 1.82) is 0 Å². The van der Waals surface area contributed by atoms with Crippen molar-refractivity contribution in [1.82, 2.24) is 4.90 Å². The third-order valence-electron chi connectivity index (χ3n) is 2.10. The van der Waals surface area contributed by atoms with Crippen molar-refractivity contribution in [3.8, 4) is 0 Å². The van der Waals surface area contributed by atoms with Crippen LogP contribution in [0, 0.1) is 0 Å². The normalized spacial score (nSPS) is 22.5. The molecular weight excluding hydrogens is 146 g/mol. The first-order chi connectivity index (χ1) is 4.93. The molecule has 2 heteroatoms. The van der Waals surface area contributed by atoms with E-state index >= 15 is 0 Å². The summed E-state index contributed by atoms with van der Waals surface area (Å²) in [5, 5.41) is 0. The van der Waals surface area contributed by atoms with Crippen molar-refractivity contribution in [2.75, 3.05) is 25.5 Å². The fourth-order valence-electron chi connectivity index (χ4n) is 1.48. The fraction of sp³-hybridized carbons (Fsp3) is 1.00. The average Bonchev–Trinajstić information content (AvgIpc) is 2.17. The number of nitrogens with zero attached hydrogens (tertiary/aromatic N) is 1. The fourth-order valence-corrected chi connectivity index (χ4v) is 1.72. The molecule has 1 heterocycles. The quantitative estimate of drug-likeness (QED) is 0.431. The molecule has 1 nitrogen and oxygen atoms in total. The maximum Gasteiger partial charge on any atom is 0.136 e. The summed E-state index contributed by atoms with van der Waals surface area (Å²) in [5.74, 6) is 0.792. The summed E-state index contributed by atoms with van der Waals surface area (Å²) >= 11 is 5.65. The minimum absolute atomic E-state index is 0.792. The minimum atomic E-state index is 0.792. The molecule has 1 aliphatic heterocycles. The van der Waals surface area contributed by atoms with Crippen LogP contribution in [0.15, 0.2) is 0 Å². The van der Waals surface area contributed by atoms with E-state index in [9.17, 15) is 0 Å². The first-order valence-electron chi connectivity index (χ1n) is 4.22. The van der Waals surface area contributed by atoms with Gasteiger partial charge in [-0.05, 0) is 12.8 Å². The molecule has 0 aliphatic carbocycles. The Labute approximate surface area is 68.4 Å². The topological polar surface area (TPSA) is 5.90 Å². The van der Waals surface area contributed by atoms with E-state index in [-0.39, 0.29) is 0 Å². The highest BCUT2D eigenvalue weighted by atomic mass is 35.5. The molecule has 0 amide bonds. The van der Waals surface area contributed by atoms with E-state index in [1.165, 1.54) is 38.8 Å². The Hall–Kier alpha value is 0.250. The predicted octanol–water partition coefficient (Wildman–Crippen LogP) is 1.94. The molecule has 1 aliphatic rings. The second-order valence-electron chi connectivity index (χ2n) is 2.94. The summed E-state index contributed by atoms with van der Waals surface area (Å²) in [5.41, 5.74) is 0. The standard InChI is InChI=1S/C8H16ClN/c9-5-8-10-6-3-1-2-4-7-10/h1-8H2/q+1. The monoisotopic (exact) mass is 161 g/mol. The van der Waals surface area contributed by atoms with Crippen LogP contribution in [0.25, 0.3) is 0 Å². The predicted molar refractivity (Wildman–Crippen MR) is 45.9 cm³/mol. The molecule has 0 aromatic carbocycles. The van der Waals surface area contributed by atoms with Crippen LogP contribution in [0.3, 0.4) is 0 Å². The van der Waals surface area contributed by atoms with Crippen LogP contribution in [0.2, 0.25) is 0 Å². The van der Waals surface area contributed by atoms with Crippen molar-refractivity contribution in [3.05, 3.63) is 0 Å². The van der Waals surface area contributed by atoms with Gasteiger partial charge in [0.1, 0.15) is 19.6 Å². The van der Waals surface area contributed by atoms with Crippen LogP contribution in [0.5, 0.6) is 0 Å². The molecule has 0 N–H and O–H groups in total. The van der Waals surface area contributed by atoms with E-state index in [0.717, 1.165) is 12.4 Å². The summed E-state index contributed by atoms with van der Waals surface area (Å²) in [4.78, 5) is 2.47. The van der Waals surface area contributed by atoms with Crippen LogP contribution in [0.1, 0.15) is 25.7 Å². The SMILES string of the molecule is ClCC[N+]1CCCCCC1. The molecule has 0 unspecified atom stereocenters. The Kier molecular flexibility index (Phi) is 4.15. The summed E-state index contributed by atoms with van der Waals surface area (Å²) in [6.45, 7) is 3.63. The van der Waals surface area contributed by atoms with Gasteiger partial charge in [0.25, 0.3) is 0 Å². The lowest BCUT2D eigenvalue weighted by molar-refractivity contribution is 0.441. The number of rotatable bonds is 2. The molecule has 10 heavy (non-hydrogen) atoms. The van der Waals surface area contributed by atoms with Crippen LogP contribution in [0.4, 0.5) is 0 Å². The van der Waals surface area contributed by atoms with Gasteiger partial charge in [0.15, 0.2) is 0 Å².